The molecule has 0 aromatic carbocycles. The Balaban J connectivity index is 4.03. The van der Waals surface area contributed by atoms with Gasteiger partial charge in [-0.2, -0.15) is 0 Å². The van der Waals surface area contributed by atoms with E-state index in [-0.39, 0.29) is 0 Å². The second-order valence-electron chi connectivity index (χ2n) is 3.70. The zero-order valence-corrected chi connectivity index (χ0v) is 12.3. The van der Waals surface area contributed by atoms with Crippen molar-refractivity contribution >= 4 is 14.7 Å². The summed E-state index contributed by atoms with van der Waals surface area (Å²) in [5.74, 6) is 0. The highest BCUT2D eigenvalue weighted by molar-refractivity contribution is 7.58. The smallest absolute Gasteiger partial charge is 0.203 e. The number of hydrogen-bond donors (Lipinski definition) is 0. The lowest BCUT2D eigenvalue weighted by atomic mass is 10.6. The van der Waals surface area contributed by atoms with Gasteiger partial charge in [-0.05, 0) is 13.8 Å². The van der Waals surface area contributed by atoms with Crippen LogP contribution in [0.25, 0.3) is 0 Å². The van der Waals surface area contributed by atoms with Crippen LogP contribution in [0.2, 0.25) is 0 Å². The van der Waals surface area contributed by atoms with Crippen LogP contribution in [-0.2, 0) is 18.2 Å². The van der Waals surface area contributed by atoms with Crippen LogP contribution in [0, 0.1) is 0 Å². The lowest BCUT2D eigenvalue weighted by molar-refractivity contribution is 0.338. The first kappa shape index (κ1) is 16.1. The predicted octanol–water partition coefficient (Wildman–Crippen LogP) is 3.43. The highest BCUT2D eigenvalue weighted by atomic mass is 31.2. The summed E-state index contributed by atoms with van der Waals surface area (Å²) >= 11 is 0. The standard InChI is InChI=1S/C10H22O4P2/c1-5-13-15(3,11)9-7-8-10-16(4,12)14-6-2/h7-8H,5-6,9-10H2,1-4H3/b8-7+. The second kappa shape index (κ2) is 7.45. The molecule has 0 spiro atoms. The van der Waals surface area contributed by atoms with Crippen LogP contribution in [0.5, 0.6) is 0 Å². The zero-order valence-electron chi connectivity index (χ0n) is 10.5. The Labute approximate surface area is 98.3 Å². The first-order valence-electron chi connectivity index (χ1n) is 5.40. The van der Waals surface area contributed by atoms with Gasteiger partial charge in [-0.25, -0.2) is 0 Å². The summed E-state index contributed by atoms with van der Waals surface area (Å²) in [5.41, 5.74) is 0. The highest BCUT2D eigenvalue weighted by Crippen LogP contribution is 2.44. The molecule has 6 heteroatoms. The van der Waals surface area contributed by atoms with Gasteiger partial charge >= 0.3 is 0 Å². The number of rotatable bonds is 8. The van der Waals surface area contributed by atoms with Crippen LogP contribution in [0.4, 0.5) is 0 Å². The molecular formula is C10H22O4P2. The highest BCUT2D eigenvalue weighted by Gasteiger charge is 2.14. The summed E-state index contributed by atoms with van der Waals surface area (Å²) < 4.78 is 33.6. The van der Waals surface area contributed by atoms with Gasteiger partial charge < -0.3 is 9.05 Å². The Morgan fingerprint density at radius 1 is 0.875 bits per heavy atom. The third kappa shape index (κ3) is 8.29. The third-order valence-electron chi connectivity index (χ3n) is 1.85. The Kier molecular flexibility index (Phi) is 7.50. The normalized spacial score (nSPS) is 19.5. The first-order valence-corrected chi connectivity index (χ1v) is 9.91. The molecule has 0 fully saturated rings. The van der Waals surface area contributed by atoms with Crippen LogP contribution < -0.4 is 0 Å². The first-order chi connectivity index (χ1) is 7.33. The van der Waals surface area contributed by atoms with Crippen molar-refractivity contribution in [1.29, 1.82) is 0 Å². The fraction of sp³-hybridized carbons (Fsp3) is 0.800. The maximum atomic E-state index is 11.7. The summed E-state index contributed by atoms with van der Waals surface area (Å²) in [7, 11) is -5.01. The molecule has 0 aromatic heterocycles. The maximum Gasteiger partial charge on any atom is 0.203 e. The second-order valence-corrected chi connectivity index (χ2v) is 9.00. The van der Waals surface area contributed by atoms with E-state index in [1.165, 1.54) is 0 Å². The lowest BCUT2D eigenvalue weighted by Crippen LogP contribution is -1.93. The van der Waals surface area contributed by atoms with Crippen molar-refractivity contribution in [3.63, 3.8) is 0 Å². The Hall–Kier alpha value is 0.120. The molecule has 0 aliphatic carbocycles. The fourth-order valence-electron chi connectivity index (χ4n) is 1.18. The Morgan fingerprint density at radius 3 is 1.44 bits per heavy atom. The fourth-order valence-corrected chi connectivity index (χ4v) is 3.55. The van der Waals surface area contributed by atoms with Gasteiger partial charge in [0.05, 0.1) is 13.2 Å². The van der Waals surface area contributed by atoms with E-state index in [4.69, 9.17) is 9.05 Å². The summed E-state index contributed by atoms with van der Waals surface area (Å²) in [6.45, 7) is 7.74. The predicted molar refractivity (Wildman–Crippen MR) is 69.2 cm³/mol. The average molecular weight is 268 g/mol. The maximum absolute atomic E-state index is 11.7. The molecule has 0 N–H and O–H groups in total. The van der Waals surface area contributed by atoms with Crippen LogP contribution in [0.1, 0.15) is 13.8 Å². The molecule has 96 valence electrons. The summed E-state index contributed by atoms with van der Waals surface area (Å²) in [6, 6.07) is 0. The minimum atomic E-state index is -2.51. The van der Waals surface area contributed by atoms with E-state index in [1.807, 2.05) is 13.8 Å². The van der Waals surface area contributed by atoms with Crippen LogP contribution in [0.15, 0.2) is 12.2 Å². The summed E-state index contributed by atoms with van der Waals surface area (Å²) in [6.07, 6.45) is 4.27. The number of hydrogen-bond acceptors (Lipinski definition) is 4. The number of allylic oxidation sites excluding steroid dienone is 2. The van der Waals surface area contributed by atoms with E-state index in [0.29, 0.717) is 25.5 Å². The van der Waals surface area contributed by atoms with E-state index >= 15 is 0 Å². The average Bonchev–Trinajstić information content (AvgIpc) is 2.12. The molecular weight excluding hydrogens is 246 g/mol. The van der Waals surface area contributed by atoms with Crippen molar-refractivity contribution in [2.45, 2.75) is 13.8 Å². The monoisotopic (exact) mass is 268 g/mol. The summed E-state index contributed by atoms with van der Waals surface area (Å²) in [5, 5.41) is 0. The van der Waals surface area contributed by atoms with Crippen LogP contribution in [0.3, 0.4) is 0 Å². The van der Waals surface area contributed by atoms with E-state index < -0.39 is 14.7 Å². The largest absolute Gasteiger partial charge is 0.329 e. The molecule has 2 unspecified atom stereocenters. The Bertz CT molecular complexity index is 282. The van der Waals surface area contributed by atoms with E-state index in [1.54, 1.807) is 25.5 Å². The molecule has 0 heterocycles. The van der Waals surface area contributed by atoms with Crippen LogP contribution >= 0.6 is 14.7 Å². The van der Waals surface area contributed by atoms with Crippen LogP contribution in [-0.4, -0.2) is 38.9 Å². The lowest BCUT2D eigenvalue weighted by Gasteiger charge is -2.11. The quantitative estimate of drug-likeness (QED) is 0.500. The Morgan fingerprint density at radius 2 is 1.19 bits per heavy atom. The van der Waals surface area contributed by atoms with E-state index in [0.717, 1.165) is 0 Å². The molecule has 0 saturated carbocycles. The molecule has 0 aliphatic rings. The van der Waals surface area contributed by atoms with Gasteiger partial charge in [0.15, 0.2) is 0 Å². The van der Waals surface area contributed by atoms with Crippen molar-refractivity contribution in [3.05, 3.63) is 12.2 Å². The minimum Gasteiger partial charge on any atom is -0.329 e. The van der Waals surface area contributed by atoms with Crippen molar-refractivity contribution in [2.24, 2.45) is 0 Å². The van der Waals surface area contributed by atoms with Crippen molar-refractivity contribution in [2.75, 3.05) is 38.9 Å². The molecule has 0 amide bonds. The molecule has 0 bridgehead atoms. The van der Waals surface area contributed by atoms with Crippen molar-refractivity contribution < 1.29 is 18.2 Å². The third-order valence-corrected chi connectivity index (χ3v) is 5.20. The van der Waals surface area contributed by atoms with Gasteiger partial charge in [0, 0.05) is 25.7 Å². The molecule has 0 aliphatic heterocycles. The topological polar surface area (TPSA) is 52.6 Å². The van der Waals surface area contributed by atoms with Gasteiger partial charge in [-0.1, -0.05) is 12.2 Å². The zero-order chi connectivity index (χ0) is 12.7. The summed E-state index contributed by atoms with van der Waals surface area (Å²) in [4.78, 5) is 0. The van der Waals surface area contributed by atoms with Gasteiger partial charge in [0.2, 0.25) is 14.7 Å². The van der Waals surface area contributed by atoms with Gasteiger partial charge in [0.25, 0.3) is 0 Å². The molecule has 0 aromatic rings. The minimum absolute atomic E-state index is 0.382. The van der Waals surface area contributed by atoms with E-state index in [2.05, 4.69) is 0 Å². The molecule has 4 nitrogen and oxygen atoms in total. The molecule has 0 saturated heterocycles. The van der Waals surface area contributed by atoms with Crippen molar-refractivity contribution in [1.82, 2.24) is 0 Å². The van der Waals surface area contributed by atoms with E-state index in [9.17, 15) is 9.13 Å². The SMILES string of the molecule is CCOP(C)(=O)C/C=C/CP(C)(=O)OCC. The molecule has 0 radical (unpaired) electrons. The molecule has 2 atom stereocenters. The van der Waals surface area contributed by atoms with Gasteiger partial charge in [-0.3, -0.25) is 9.13 Å². The molecule has 16 heavy (non-hydrogen) atoms. The van der Waals surface area contributed by atoms with Gasteiger partial charge in [0.1, 0.15) is 0 Å². The van der Waals surface area contributed by atoms with Crippen molar-refractivity contribution in [3.8, 4) is 0 Å². The van der Waals surface area contributed by atoms with Gasteiger partial charge in [-0.15, -0.1) is 0 Å². The molecule has 0 rings (SSSR count).